The summed E-state index contributed by atoms with van der Waals surface area (Å²) < 4.78 is 5.31. The van der Waals surface area contributed by atoms with Crippen LogP contribution in [0.25, 0.3) is 0 Å². The summed E-state index contributed by atoms with van der Waals surface area (Å²) in [6.07, 6.45) is 8.34. The maximum atomic E-state index is 12.2. The average Bonchev–Trinajstić information content (AvgIpc) is 3.05. The van der Waals surface area contributed by atoms with Gasteiger partial charge in [0.25, 0.3) is 0 Å². The molecule has 0 heterocycles. The molecular weight excluding hydrogens is 376 g/mol. The van der Waals surface area contributed by atoms with E-state index in [0.29, 0.717) is 24.9 Å². The summed E-state index contributed by atoms with van der Waals surface area (Å²) in [6.45, 7) is 10.9. The Kier molecular flexibility index (Phi) is 5.53. The van der Waals surface area contributed by atoms with Gasteiger partial charge in [-0.1, -0.05) is 31.9 Å². The first-order valence-electron chi connectivity index (χ1n) is 11.9. The maximum Gasteiger partial charge on any atom is 0.302 e. The normalized spacial score (nSPS) is 44.5. The summed E-state index contributed by atoms with van der Waals surface area (Å²) in [5.74, 6) is 1.28. The Morgan fingerprint density at radius 1 is 1.13 bits per heavy atom. The summed E-state index contributed by atoms with van der Waals surface area (Å²) >= 11 is 0. The Labute approximate surface area is 181 Å². The van der Waals surface area contributed by atoms with Crippen LogP contribution >= 0.6 is 0 Å². The van der Waals surface area contributed by atoms with Crippen LogP contribution < -0.4 is 0 Å². The quantitative estimate of drug-likeness (QED) is 0.521. The van der Waals surface area contributed by atoms with E-state index in [1.807, 2.05) is 6.08 Å². The molecule has 166 valence electrons. The zero-order chi connectivity index (χ0) is 21.8. The second-order valence-electron chi connectivity index (χ2n) is 10.8. The number of carbonyl (C=O) groups is 2. The van der Waals surface area contributed by atoms with Crippen LogP contribution in [0.5, 0.6) is 0 Å². The fourth-order valence-electron chi connectivity index (χ4n) is 8.01. The third-order valence-corrected chi connectivity index (χ3v) is 9.46. The molecular formula is C26H38O4. The molecule has 0 radical (unpaired) electrons. The minimum Gasteiger partial charge on any atom is -0.461 e. The number of aliphatic hydroxyl groups excluding tert-OH is 1. The van der Waals surface area contributed by atoms with Crippen LogP contribution in [0, 0.1) is 34.5 Å². The van der Waals surface area contributed by atoms with Crippen molar-refractivity contribution in [3.8, 4) is 0 Å². The number of rotatable bonds is 3. The maximum absolute atomic E-state index is 12.2. The minimum atomic E-state index is -0.372. The summed E-state index contributed by atoms with van der Waals surface area (Å²) in [6, 6.07) is 0. The molecule has 4 nitrogen and oxygen atoms in total. The molecule has 0 aromatic carbocycles. The Morgan fingerprint density at radius 3 is 2.50 bits per heavy atom. The van der Waals surface area contributed by atoms with Crippen LogP contribution in [-0.4, -0.2) is 29.6 Å². The SMILES string of the molecule is CC[C@H]1C2=CC(=O)CC[C@]2(C)C2CC[C@]3(C)/C(=C(\C)COC(C)=O)CCC3C2[C@@H]1O. The predicted octanol–water partition coefficient (Wildman–Crippen LogP) is 5.00. The van der Waals surface area contributed by atoms with Crippen LogP contribution in [-0.2, 0) is 14.3 Å². The molecule has 7 atom stereocenters. The summed E-state index contributed by atoms with van der Waals surface area (Å²) in [4.78, 5) is 23.6. The van der Waals surface area contributed by atoms with Crippen molar-refractivity contribution in [2.45, 2.75) is 85.7 Å². The number of esters is 1. The van der Waals surface area contributed by atoms with Gasteiger partial charge in [-0.05, 0) is 85.7 Å². The van der Waals surface area contributed by atoms with E-state index < -0.39 is 0 Å². The molecule has 0 aliphatic heterocycles. The van der Waals surface area contributed by atoms with Gasteiger partial charge in [-0.2, -0.15) is 0 Å². The second kappa shape index (κ2) is 7.62. The molecule has 0 amide bonds. The number of fused-ring (bicyclic) bond motifs is 5. The molecule has 3 fully saturated rings. The molecule has 0 aromatic heterocycles. The molecule has 4 heteroatoms. The van der Waals surface area contributed by atoms with Crippen molar-refractivity contribution in [1.82, 2.24) is 0 Å². The van der Waals surface area contributed by atoms with Gasteiger partial charge in [0.2, 0.25) is 0 Å². The van der Waals surface area contributed by atoms with Gasteiger partial charge in [0.1, 0.15) is 6.61 Å². The number of ether oxygens (including phenoxy) is 1. The van der Waals surface area contributed by atoms with E-state index >= 15 is 0 Å². The lowest BCUT2D eigenvalue weighted by atomic mass is 9.44. The monoisotopic (exact) mass is 414 g/mol. The fraction of sp³-hybridized carbons (Fsp3) is 0.769. The second-order valence-corrected chi connectivity index (χ2v) is 10.8. The van der Waals surface area contributed by atoms with Crippen molar-refractivity contribution >= 4 is 11.8 Å². The Morgan fingerprint density at radius 2 is 1.83 bits per heavy atom. The van der Waals surface area contributed by atoms with E-state index in [-0.39, 0.29) is 40.5 Å². The van der Waals surface area contributed by atoms with Gasteiger partial charge in [-0.25, -0.2) is 0 Å². The predicted molar refractivity (Wildman–Crippen MR) is 117 cm³/mol. The molecule has 0 saturated heterocycles. The van der Waals surface area contributed by atoms with Gasteiger partial charge in [-0.3, -0.25) is 9.59 Å². The topological polar surface area (TPSA) is 63.6 Å². The van der Waals surface area contributed by atoms with E-state index in [2.05, 4.69) is 27.7 Å². The third-order valence-electron chi connectivity index (χ3n) is 9.46. The van der Waals surface area contributed by atoms with Gasteiger partial charge in [-0.15, -0.1) is 0 Å². The Hall–Kier alpha value is -1.42. The molecule has 1 N–H and O–H groups in total. The summed E-state index contributed by atoms with van der Waals surface area (Å²) in [5.41, 5.74) is 4.00. The first kappa shape index (κ1) is 21.8. The van der Waals surface area contributed by atoms with Crippen molar-refractivity contribution in [3.63, 3.8) is 0 Å². The van der Waals surface area contributed by atoms with Gasteiger partial charge in [0, 0.05) is 19.3 Å². The molecule has 3 unspecified atom stereocenters. The van der Waals surface area contributed by atoms with Crippen molar-refractivity contribution in [1.29, 1.82) is 0 Å². The lowest BCUT2D eigenvalue weighted by Gasteiger charge is -2.61. The number of ketones is 1. The van der Waals surface area contributed by atoms with E-state index in [0.717, 1.165) is 38.5 Å². The van der Waals surface area contributed by atoms with Crippen molar-refractivity contribution < 1.29 is 19.4 Å². The van der Waals surface area contributed by atoms with Gasteiger partial charge in [0.05, 0.1) is 6.10 Å². The van der Waals surface area contributed by atoms with Crippen molar-refractivity contribution in [2.75, 3.05) is 6.61 Å². The number of hydrogen-bond acceptors (Lipinski definition) is 4. The first-order chi connectivity index (χ1) is 14.1. The van der Waals surface area contributed by atoms with Crippen LogP contribution in [0.2, 0.25) is 0 Å². The van der Waals surface area contributed by atoms with Crippen LogP contribution in [0.1, 0.15) is 79.6 Å². The lowest BCUT2D eigenvalue weighted by molar-refractivity contribution is -0.140. The van der Waals surface area contributed by atoms with Crippen LogP contribution in [0.15, 0.2) is 22.8 Å². The molecule has 0 aromatic rings. The van der Waals surface area contributed by atoms with Gasteiger partial charge in [0.15, 0.2) is 5.78 Å². The summed E-state index contributed by atoms with van der Waals surface area (Å²) in [7, 11) is 0. The fourth-order valence-corrected chi connectivity index (χ4v) is 8.01. The molecule has 3 saturated carbocycles. The van der Waals surface area contributed by atoms with Crippen LogP contribution in [0.3, 0.4) is 0 Å². The molecule has 0 spiro atoms. The number of allylic oxidation sites excluding steroid dienone is 1. The standard InChI is InChI=1S/C26H38O4/c1-6-18-22-13-17(28)9-11-26(22,5)21-10-12-25(4)19(15(2)14-30-16(3)27)7-8-20(25)23(21)24(18)29/h13,18,20-21,23-24,29H,6-12,14H2,1-5H3/b19-15+/t18-,20?,21?,23?,24+,25+,26+/m0/s1. The van der Waals surface area contributed by atoms with E-state index in [1.54, 1.807) is 0 Å². The van der Waals surface area contributed by atoms with E-state index in [4.69, 9.17) is 4.74 Å². The highest BCUT2D eigenvalue weighted by Gasteiger charge is 2.62. The number of hydrogen-bond donors (Lipinski definition) is 1. The highest BCUT2D eigenvalue weighted by Crippen LogP contribution is 2.68. The van der Waals surface area contributed by atoms with E-state index in [9.17, 15) is 14.7 Å². The molecule has 30 heavy (non-hydrogen) atoms. The first-order valence-corrected chi connectivity index (χ1v) is 11.9. The molecule has 4 rings (SSSR count). The smallest absolute Gasteiger partial charge is 0.302 e. The van der Waals surface area contributed by atoms with E-state index in [1.165, 1.54) is 23.6 Å². The Bertz CT molecular complexity index is 808. The minimum absolute atomic E-state index is 0.0407. The largest absolute Gasteiger partial charge is 0.461 e. The van der Waals surface area contributed by atoms with Gasteiger partial charge < -0.3 is 9.84 Å². The number of carbonyl (C=O) groups excluding carboxylic acids is 2. The molecule has 4 aliphatic carbocycles. The lowest BCUT2D eigenvalue weighted by Crippen LogP contribution is -2.58. The molecule has 0 bridgehead atoms. The highest BCUT2D eigenvalue weighted by atomic mass is 16.5. The molecule has 4 aliphatic rings. The number of aliphatic hydroxyl groups is 1. The average molecular weight is 415 g/mol. The Balaban J connectivity index is 1.71. The zero-order valence-corrected chi connectivity index (χ0v) is 19.3. The van der Waals surface area contributed by atoms with Crippen LogP contribution in [0.4, 0.5) is 0 Å². The summed E-state index contributed by atoms with van der Waals surface area (Å²) in [5, 5.41) is 11.6. The van der Waals surface area contributed by atoms with Crippen molar-refractivity contribution in [2.24, 2.45) is 34.5 Å². The third kappa shape index (κ3) is 3.13. The zero-order valence-electron chi connectivity index (χ0n) is 19.3. The van der Waals surface area contributed by atoms with Gasteiger partial charge >= 0.3 is 5.97 Å². The highest BCUT2D eigenvalue weighted by molar-refractivity contribution is 5.91. The van der Waals surface area contributed by atoms with Crippen molar-refractivity contribution in [3.05, 3.63) is 22.8 Å².